The van der Waals surface area contributed by atoms with Gasteiger partial charge in [-0.3, -0.25) is 4.79 Å². The first kappa shape index (κ1) is 22.8. The van der Waals surface area contributed by atoms with Crippen LogP contribution in [0, 0.1) is 28.6 Å². The molecular formula is C21H41NO2S. The summed E-state index contributed by atoms with van der Waals surface area (Å²) in [6.45, 7) is 19.5. The van der Waals surface area contributed by atoms with E-state index in [-0.39, 0.29) is 16.1 Å². The Hall–Kier alpha value is -0.220. The van der Waals surface area contributed by atoms with Gasteiger partial charge in [-0.15, -0.1) is 0 Å². The van der Waals surface area contributed by atoms with Crippen molar-refractivity contribution in [3.63, 3.8) is 0 Å². The first-order valence-corrected chi connectivity index (χ1v) is 11.0. The van der Waals surface area contributed by atoms with Crippen LogP contribution in [-0.2, 0) is 0 Å². The predicted molar refractivity (Wildman–Crippen MR) is 110 cm³/mol. The molecule has 3 nitrogen and oxygen atoms in total. The number of thioether (sulfide) groups is 1. The van der Waals surface area contributed by atoms with Crippen molar-refractivity contribution in [2.75, 3.05) is 19.3 Å². The molecule has 0 spiro atoms. The van der Waals surface area contributed by atoms with Gasteiger partial charge >= 0.3 is 0 Å². The molecule has 0 aromatic carbocycles. The first-order chi connectivity index (χ1) is 11.2. The molecule has 1 aliphatic heterocycles. The third-order valence-electron chi connectivity index (χ3n) is 5.78. The zero-order chi connectivity index (χ0) is 19.6. The Morgan fingerprint density at radius 1 is 1.16 bits per heavy atom. The normalized spacial score (nSPS) is 28.9. The van der Waals surface area contributed by atoms with Gasteiger partial charge in [0.25, 0.3) is 5.24 Å². The molecule has 0 radical (unpaired) electrons. The van der Waals surface area contributed by atoms with E-state index in [1.165, 1.54) is 11.8 Å². The molecule has 0 aliphatic carbocycles. The second-order valence-corrected chi connectivity index (χ2v) is 11.3. The third kappa shape index (κ3) is 6.78. The fourth-order valence-corrected chi connectivity index (χ4v) is 6.03. The second kappa shape index (κ2) is 8.21. The highest BCUT2D eigenvalue weighted by molar-refractivity contribution is 8.12. The average molecular weight is 372 g/mol. The van der Waals surface area contributed by atoms with E-state index >= 15 is 0 Å². The van der Waals surface area contributed by atoms with Crippen LogP contribution in [0.5, 0.6) is 0 Å². The quantitative estimate of drug-likeness (QED) is 0.695. The predicted octanol–water partition coefficient (Wildman–Crippen LogP) is 5.67. The van der Waals surface area contributed by atoms with Gasteiger partial charge in [0.05, 0.1) is 5.60 Å². The van der Waals surface area contributed by atoms with Crippen molar-refractivity contribution in [2.24, 2.45) is 28.6 Å². The molecule has 1 fully saturated rings. The maximum absolute atomic E-state index is 12.3. The number of aliphatic hydroxyl groups is 1. The molecule has 0 saturated carbocycles. The highest BCUT2D eigenvalue weighted by Crippen LogP contribution is 2.51. The molecule has 1 aliphatic rings. The SMILES string of the molecule is CSC(=O)N1CC(C)CC(C(C)(C)CC(C)(C)O)C(C)(C)CC(C)C1. The summed E-state index contributed by atoms with van der Waals surface area (Å²) >= 11 is 1.33. The summed E-state index contributed by atoms with van der Waals surface area (Å²) in [7, 11) is 0. The van der Waals surface area contributed by atoms with E-state index in [0.29, 0.717) is 17.8 Å². The number of amides is 1. The first-order valence-electron chi connectivity index (χ1n) is 9.73. The fourth-order valence-electron chi connectivity index (χ4n) is 5.62. The van der Waals surface area contributed by atoms with Crippen molar-refractivity contribution in [1.29, 1.82) is 0 Å². The molecule has 3 unspecified atom stereocenters. The highest BCUT2D eigenvalue weighted by Gasteiger charge is 2.44. The molecule has 3 atom stereocenters. The lowest BCUT2D eigenvalue weighted by molar-refractivity contribution is -0.0320. The molecule has 1 saturated heterocycles. The minimum atomic E-state index is -0.659. The highest BCUT2D eigenvalue weighted by atomic mass is 32.2. The van der Waals surface area contributed by atoms with Crippen LogP contribution in [-0.4, -0.2) is 40.2 Å². The van der Waals surface area contributed by atoms with E-state index < -0.39 is 5.60 Å². The van der Waals surface area contributed by atoms with Crippen LogP contribution >= 0.6 is 11.8 Å². The van der Waals surface area contributed by atoms with E-state index in [0.717, 1.165) is 32.4 Å². The van der Waals surface area contributed by atoms with Crippen molar-refractivity contribution in [2.45, 2.75) is 80.3 Å². The van der Waals surface area contributed by atoms with Gasteiger partial charge in [-0.25, -0.2) is 0 Å². The van der Waals surface area contributed by atoms with Gasteiger partial charge in [-0.1, -0.05) is 53.3 Å². The number of hydrogen-bond donors (Lipinski definition) is 1. The summed E-state index contributed by atoms with van der Waals surface area (Å²) in [5.41, 5.74) is -0.428. The van der Waals surface area contributed by atoms with Gasteiger partial charge in [-0.2, -0.15) is 0 Å². The maximum Gasteiger partial charge on any atom is 0.281 e. The molecule has 25 heavy (non-hydrogen) atoms. The molecule has 1 amide bonds. The van der Waals surface area contributed by atoms with Crippen LogP contribution in [0.25, 0.3) is 0 Å². The Balaban J connectivity index is 3.15. The Morgan fingerprint density at radius 3 is 2.16 bits per heavy atom. The van der Waals surface area contributed by atoms with E-state index in [2.05, 4.69) is 46.4 Å². The molecule has 1 heterocycles. The van der Waals surface area contributed by atoms with Gasteiger partial charge < -0.3 is 10.0 Å². The summed E-state index contributed by atoms with van der Waals surface area (Å²) < 4.78 is 0. The summed E-state index contributed by atoms with van der Waals surface area (Å²) in [5, 5.41) is 10.6. The van der Waals surface area contributed by atoms with Crippen molar-refractivity contribution in [3.05, 3.63) is 0 Å². The van der Waals surface area contributed by atoms with Crippen LogP contribution in [0.15, 0.2) is 0 Å². The van der Waals surface area contributed by atoms with Crippen LogP contribution < -0.4 is 0 Å². The maximum atomic E-state index is 12.3. The van der Waals surface area contributed by atoms with Crippen LogP contribution in [0.1, 0.15) is 74.7 Å². The van der Waals surface area contributed by atoms with Crippen LogP contribution in [0.2, 0.25) is 0 Å². The van der Waals surface area contributed by atoms with E-state index in [1.54, 1.807) is 0 Å². The molecular weight excluding hydrogens is 330 g/mol. The third-order valence-corrected chi connectivity index (χ3v) is 6.39. The summed E-state index contributed by atoms with van der Waals surface area (Å²) in [4.78, 5) is 14.4. The summed E-state index contributed by atoms with van der Waals surface area (Å²) in [6, 6.07) is 0. The number of rotatable bonds is 3. The smallest absolute Gasteiger partial charge is 0.281 e. The number of hydrogen-bond acceptors (Lipinski definition) is 3. The van der Waals surface area contributed by atoms with E-state index in [1.807, 2.05) is 20.1 Å². The van der Waals surface area contributed by atoms with Crippen molar-refractivity contribution >= 4 is 17.0 Å². The van der Waals surface area contributed by atoms with E-state index in [9.17, 15) is 9.90 Å². The zero-order valence-electron chi connectivity index (χ0n) is 18.0. The van der Waals surface area contributed by atoms with Gasteiger partial charge in [0.15, 0.2) is 0 Å². The molecule has 4 heteroatoms. The van der Waals surface area contributed by atoms with Gasteiger partial charge in [0, 0.05) is 13.1 Å². The van der Waals surface area contributed by atoms with Crippen LogP contribution in [0.3, 0.4) is 0 Å². The minimum absolute atomic E-state index is 0.0500. The monoisotopic (exact) mass is 371 g/mol. The molecule has 0 aromatic rings. The van der Waals surface area contributed by atoms with Crippen molar-refractivity contribution < 1.29 is 9.90 Å². The van der Waals surface area contributed by atoms with Crippen molar-refractivity contribution in [3.8, 4) is 0 Å². The second-order valence-electron chi connectivity index (χ2n) is 10.5. The Morgan fingerprint density at radius 2 is 1.68 bits per heavy atom. The summed E-state index contributed by atoms with van der Waals surface area (Å²) in [6.07, 6.45) is 4.88. The minimum Gasteiger partial charge on any atom is -0.390 e. The molecule has 0 aromatic heterocycles. The van der Waals surface area contributed by atoms with Gasteiger partial charge in [0.1, 0.15) is 0 Å². The molecule has 148 valence electrons. The van der Waals surface area contributed by atoms with Crippen LogP contribution in [0.4, 0.5) is 4.79 Å². The van der Waals surface area contributed by atoms with Crippen molar-refractivity contribution in [1.82, 2.24) is 4.90 Å². The number of carbonyl (C=O) groups is 1. The lowest BCUT2D eigenvalue weighted by atomic mass is 9.57. The molecule has 1 N–H and O–H groups in total. The Kier molecular flexibility index (Phi) is 7.49. The largest absolute Gasteiger partial charge is 0.390 e. The van der Waals surface area contributed by atoms with E-state index in [4.69, 9.17) is 0 Å². The zero-order valence-corrected chi connectivity index (χ0v) is 18.8. The Labute approximate surface area is 160 Å². The standard InChI is InChI=1S/C21H41NO2S/c1-15-10-17(20(5,6)14-21(7,8)24)19(3,4)11-16(2)13-22(12-15)18(23)25-9/h15-17,24H,10-14H2,1-9H3. The summed E-state index contributed by atoms with van der Waals surface area (Å²) in [5.74, 6) is 1.46. The Bertz CT molecular complexity index is 453. The fraction of sp³-hybridized carbons (Fsp3) is 0.952. The lowest BCUT2D eigenvalue weighted by Crippen LogP contribution is -2.42. The number of carbonyl (C=O) groups excluding carboxylic acids is 1. The van der Waals surface area contributed by atoms with Gasteiger partial charge in [0.2, 0.25) is 0 Å². The van der Waals surface area contributed by atoms with Gasteiger partial charge in [-0.05, 0) is 67.9 Å². The number of nitrogens with zero attached hydrogens (tertiary/aromatic N) is 1. The average Bonchev–Trinajstić information content (AvgIpc) is 2.42. The molecule has 1 rings (SSSR count). The molecule has 0 bridgehead atoms. The lowest BCUT2D eigenvalue weighted by Gasteiger charge is -2.48. The topological polar surface area (TPSA) is 40.5 Å².